The summed E-state index contributed by atoms with van der Waals surface area (Å²) in [6, 6.07) is 15.7. The van der Waals surface area contributed by atoms with Gasteiger partial charge in [0.05, 0.1) is 6.10 Å². The minimum atomic E-state index is -0.199. The largest absolute Gasteiger partial charge is 0.473 e. The molecule has 0 bridgehead atoms. The lowest BCUT2D eigenvalue weighted by molar-refractivity contribution is 0.145. The van der Waals surface area contributed by atoms with Gasteiger partial charge in [-0.05, 0) is 30.5 Å². The molecule has 27 heavy (non-hydrogen) atoms. The molecule has 0 radical (unpaired) electrons. The smallest absolute Gasteiger partial charge is 0.213 e. The van der Waals surface area contributed by atoms with Crippen LogP contribution in [-0.4, -0.2) is 39.3 Å². The van der Waals surface area contributed by atoms with Crippen LogP contribution in [-0.2, 0) is 6.61 Å². The van der Waals surface area contributed by atoms with E-state index < -0.39 is 0 Å². The van der Waals surface area contributed by atoms with E-state index in [1.165, 1.54) is 0 Å². The molecule has 0 aliphatic carbocycles. The molecule has 0 atom stereocenters. The van der Waals surface area contributed by atoms with E-state index in [0.29, 0.717) is 18.3 Å². The molecule has 3 aromatic rings. The summed E-state index contributed by atoms with van der Waals surface area (Å²) < 4.78 is 5.73. The van der Waals surface area contributed by atoms with Crippen molar-refractivity contribution in [3.63, 3.8) is 0 Å². The molecular weight excluding hydrogens is 340 g/mol. The molecule has 0 spiro atoms. The third-order valence-electron chi connectivity index (χ3n) is 4.65. The van der Waals surface area contributed by atoms with Crippen molar-refractivity contribution in [3.05, 3.63) is 66.5 Å². The predicted molar refractivity (Wildman–Crippen MR) is 103 cm³/mol. The predicted octanol–water partition coefficient (Wildman–Crippen LogP) is 3.08. The van der Waals surface area contributed by atoms with Gasteiger partial charge in [0.15, 0.2) is 5.82 Å². The van der Waals surface area contributed by atoms with Crippen LogP contribution < -0.4 is 9.64 Å². The molecule has 1 aromatic carbocycles. The lowest BCUT2D eigenvalue weighted by Gasteiger charge is -2.30. The minimum Gasteiger partial charge on any atom is -0.473 e. The van der Waals surface area contributed by atoms with Gasteiger partial charge >= 0.3 is 0 Å². The van der Waals surface area contributed by atoms with Crippen LogP contribution in [0.25, 0.3) is 11.4 Å². The molecule has 2 aromatic heterocycles. The van der Waals surface area contributed by atoms with Crippen molar-refractivity contribution in [2.45, 2.75) is 25.6 Å². The number of hydrogen-bond acceptors (Lipinski definition) is 6. The summed E-state index contributed by atoms with van der Waals surface area (Å²) in [6.45, 7) is 2.10. The quantitative estimate of drug-likeness (QED) is 0.752. The zero-order valence-electron chi connectivity index (χ0n) is 15.0. The molecule has 0 amide bonds. The highest BCUT2D eigenvalue weighted by atomic mass is 16.5. The van der Waals surface area contributed by atoms with Crippen LogP contribution in [0, 0.1) is 0 Å². The standard InChI is InChI=1S/C21H22N4O2/c26-18-9-12-25(13-10-18)19-8-11-22-21(24-19)17-6-7-20(23-14-17)27-15-16-4-2-1-3-5-16/h1-8,11,14,18,26H,9-10,12-13,15H2. The first-order valence-corrected chi connectivity index (χ1v) is 9.17. The maximum Gasteiger partial charge on any atom is 0.213 e. The molecule has 6 nitrogen and oxygen atoms in total. The second-order valence-corrected chi connectivity index (χ2v) is 6.62. The topological polar surface area (TPSA) is 71.4 Å². The van der Waals surface area contributed by atoms with Gasteiger partial charge in [-0.2, -0.15) is 0 Å². The van der Waals surface area contributed by atoms with Crippen LogP contribution in [0.15, 0.2) is 60.9 Å². The normalized spacial score (nSPS) is 14.9. The van der Waals surface area contributed by atoms with E-state index in [1.54, 1.807) is 12.4 Å². The average Bonchev–Trinajstić information content (AvgIpc) is 2.74. The molecule has 1 N–H and O–H groups in total. The van der Waals surface area contributed by atoms with Crippen LogP contribution in [0.4, 0.5) is 5.82 Å². The Hall–Kier alpha value is -2.99. The first kappa shape index (κ1) is 17.4. The van der Waals surface area contributed by atoms with Gasteiger partial charge in [0.1, 0.15) is 12.4 Å². The fourth-order valence-corrected chi connectivity index (χ4v) is 3.09. The minimum absolute atomic E-state index is 0.199. The molecule has 1 aliphatic rings. The van der Waals surface area contributed by atoms with Crippen LogP contribution >= 0.6 is 0 Å². The van der Waals surface area contributed by atoms with Gasteiger partial charge in [-0.25, -0.2) is 15.0 Å². The Morgan fingerprint density at radius 2 is 1.81 bits per heavy atom. The number of aliphatic hydroxyl groups is 1. The molecule has 1 fully saturated rings. The van der Waals surface area contributed by atoms with Gasteiger partial charge in [-0.3, -0.25) is 0 Å². The number of aromatic nitrogens is 3. The molecule has 0 saturated carbocycles. The number of benzene rings is 1. The van der Waals surface area contributed by atoms with Crippen LogP contribution in [0.5, 0.6) is 5.88 Å². The van der Waals surface area contributed by atoms with Crippen molar-refractivity contribution < 1.29 is 9.84 Å². The van der Waals surface area contributed by atoms with E-state index in [2.05, 4.69) is 19.9 Å². The lowest BCUT2D eigenvalue weighted by atomic mass is 10.1. The molecule has 1 saturated heterocycles. The molecule has 138 valence electrons. The van der Waals surface area contributed by atoms with Gasteiger partial charge in [0.2, 0.25) is 5.88 Å². The monoisotopic (exact) mass is 362 g/mol. The van der Waals surface area contributed by atoms with Gasteiger partial charge in [-0.15, -0.1) is 0 Å². The maximum atomic E-state index is 9.67. The first-order chi connectivity index (χ1) is 13.3. The van der Waals surface area contributed by atoms with Crippen molar-refractivity contribution >= 4 is 5.82 Å². The van der Waals surface area contributed by atoms with Crippen molar-refractivity contribution in [2.24, 2.45) is 0 Å². The summed E-state index contributed by atoms with van der Waals surface area (Å²) in [5.74, 6) is 2.10. The third kappa shape index (κ3) is 4.41. The Morgan fingerprint density at radius 1 is 1.00 bits per heavy atom. The van der Waals surface area contributed by atoms with Crippen molar-refractivity contribution in [3.8, 4) is 17.3 Å². The Bertz CT molecular complexity index is 863. The Morgan fingerprint density at radius 3 is 2.56 bits per heavy atom. The molecule has 6 heteroatoms. The number of anilines is 1. The highest BCUT2D eigenvalue weighted by Crippen LogP contribution is 2.22. The zero-order valence-corrected chi connectivity index (χ0v) is 15.0. The van der Waals surface area contributed by atoms with Gasteiger partial charge < -0.3 is 14.7 Å². The van der Waals surface area contributed by atoms with E-state index in [-0.39, 0.29) is 6.10 Å². The summed E-state index contributed by atoms with van der Waals surface area (Å²) in [6.07, 6.45) is 4.85. The highest BCUT2D eigenvalue weighted by Gasteiger charge is 2.18. The molecular formula is C21H22N4O2. The lowest BCUT2D eigenvalue weighted by Crippen LogP contribution is -2.36. The number of nitrogens with zero attached hydrogens (tertiary/aromatic N) is 4. The number of piperidine rings is 1. The van der Waals surface area contributed by atoms with E-state index in [0.717, 1.165) is 42.9 Å². The second kappa shape index (κ2) is 8.14. The summed E-state index contributed by atoms with van der Waals surface area (Å²) in [4.78, 5) is 15.6. The van der Waals surface area contributed by atoms with E-state index in [4.69, 9.17) is 4.74 Å². The van der Waals surface area contributed by atoms with Crippen LogP contribution in [0.3, 0.4) is 0 Å². The summed E-state index contributed by atoms with van der Waals surface area (Å²) in [7, 11) is 0. The van der Waals surface area contributed by atoms with Gasteiger partial charge in [0, 0.05) is 37.1 Å². The number of rotatable bonds is 5. The Labute approximate surface area is 158 Å². The number of hydrogen-bond donors (Lipinski definition) is 1. The fourth-order valence-electron chi connectivity index (χ4n) is 3.09. The number of pyridine rings is 1. The van der Waals surface area contributed by atoms with Gasteiger partial charge in [-0.1, -0.05) is 30.3 Å². The fraction of sp³-hybridized carbons (Fsp3) is 0.286. The molecule has 3 heterocycles. The highest BCUT2D eigenvalue weighted by molar-refractivity contribution is 5.56. The van der Waals surface area contributed by atoms with E-state index in [1.807, 2.05) is 48.5 Å². The van der Waals surface area contributed by atoms with E-state index in [9.17, 15) is 5.11 Å². The Kier molecular flexibility index (Phi) is 5.25. The SMILES string of the molecule is OC1CCN(c2ccnc(-c3ccc(OCc4ccccc4)nc3)n2)CC1. The summed E-state index contributed by atoms with van der Waals surface area (Å²) in [5.41, 5.74) is 1.95. The zero-order chi connectivity index (χ0) is 18.5. The third-order valence-corrected chi connectivity index (χ3v) is 4.65. The van der Waals surface area contributed by atoms with E-state index >= 15 is 0 Å². The maximum absolute atomic E-state index is 9.67. The second-order valence-electron chi connectivity index (χ2n) is 6.62. The first-order valence-electron chi connectivity index (χ1n) is 9.17. The van der Waals surface area contributed by atoms with Crippen molar-refractivity contribution in [1.82, 2.24) is 15.0 Å². The van der Waals surface area contributed by atoms with Crippen LogP contribution in [0.2, 0.25) is 0 Å². The van der Waals surface area contributed by atoms with Crippen molar-refractivity contribution in [1.29, 1.82) is 0 Å². The van der Waals surface area contributed by atoms with Crippen LogP contribution in [0.1, 0.15) is 18.4 Å². The molecule has 0 unspecified atom stereocenters. The summed E-state index contributed by atoms with van der Waals surface area (Å²) in [5, 5.41) is 9.67. The molecule has 1 aliphatic heterocycles. The number of aliphatic hydroxyl groups excluding tert-OH is 1. The Balaban J connectivity index is 1.43. The average molecular weight is 362 g/mol. The van der Waals surface area contributed by atoms with Gasteiger partial charge in [0.25, 0.3) is 0 Å². The van der Waals surface area contributed by atoms with Crippen molar-refractivity contribution in [2.75, 3.05) is 18.0 Å². The number of ether oxygens (including phenoxy) is 1. The summed E-state index contributed by atoms with van der Waals surface area (Å²) >= 11 is 0. The molecule has 4 rings (SSSR count).